The second-order valence-corrected chi connectivity index (χ2v) is 4.92. The van der Waals surface area contributed by atoms with Crippen LogP contribution >= 0.6 is 0 Å². The third-order valence-electron chi connectivity index (χ3n) is 3.68. The summed E-state index contributed by atoms with van der Waals surface area (Å²) in [6.45, 7) is 4.84. The molecule has 2 unspecified atom stereocenters. The normalized spacial score (nSPS) is 13.8. The topological polar surface area (TPSA) is 35.2 Å². The molecule has 0 bridgehead atoms. The predicted octanol–water partition coefficient (Wildman–Crippen LogP) is 4.28. The van der Waals surface area contributed by atoms with Crippen molar-refractivity contribution in [3.63, 3.8) is 0 Å². The third-order valence-corrected chi connectivity index (χ3v) is 3.68. The van der Waals surface area contributed by atoms with E-state index in [2.05, 4.69) is 37.3 Å². The maximum atomic E-state index is 6.53. The van der Waals surface area contributed by atoms with Gasteiger partial charge in [0.2, 0.25) is 0 Å². The number of hydrogen-bond donors (Lipinski definition) is 1. The second-order valence-electron chi connectivity index (χ2n) is 4.92. The van der Waals surface area contributed by atoms with Crippen LogP contribution in [0.25, 0.3) is 0 Å². The molecule has 0 aliphatic carbocycles. The lowest BCUT2D eigenvalue weighted by Gasteiger charge is -2.25. The van der Waals surface area contributed by atoms with Gasteiger partial charge in [-0.15, -0.1) is 0 Å². The van der Waals surface area contributed by atoms with Crippen molar-refractivity contribution >= 4 is 0 Å². The maximum Gasteiger partial charge on any atom is 0.124 e. The summed E-state index contributed by atoms with van der Waals surface area (Å²) in [6, 6.07) is 18.5. The van der Waals surface area contributed by atoms with Crippen LogP contribution in [-0.2, 0) is 0 Å². The first-order chi connectivity index (χ1) is 9.77. The van der Waals surface area contributed by atoms with Gasteiger partial charge in [-0.05, 0) is 25.0 Å². The van der Waals surface area contributed by atoms with E-state index in [0.29, 0.717) is 12.5 Å². The van der Waals surface area contributed by atoms with E-state index in [4.69, 9.17) is 10.5 Å². The lowest BCUT2D eigenvalue weighted by molar-refractivity contribution is 0.331. The lowest BCUT2D eigenvalue weighted by Crippen LogP contribution is -2.20. The molecule has 2 nitrogen and oxygen atoms in total. The quantitative estimate of drug-likeness (QED) is 0.849. The van der Waals surface area contributed by atoms with Crippen LogP contribution in [0.15, 0.2) is 54.6 Å². The van der Waals surface area contributed by atoms with Crippen molar-refractivity contribution in [1.82, 2.24) is 0 Å². The molecule has 2 N–H and O–H groups in total. The van der Waals surface area contributed by atoms with Crippen LogP contribution in [0.1, 0.15) is 43.4 Å². The van der Waals surface area contributed by atoms with E-state index in [0.717, 1.165) is 17.7 Å². The molecule has 0 saturated heterocycles. The van der Waals surface area contributed by atoms with Gasteiger partial charge in [0, 0.05) is 17.5 Å². The Labute approximate surface area is 121 Å². The molecule has 2 aromatic carbocycles. The molecule has 20 heavy (non-hydrogen) atoms. The minimum absolute atomic E-state index is 0.0508. The largest absolute Gasteiger partial charge is 0.494 e. The van der Waals surface area contributed by atoms with E-state index >= 15 is 0 Å². The average molecular weight is 269 g/mol. The zero-order valence-electron chi connectivity index (χ0n) is 12.3. The van der Waals surface area contributed by atoms with Crippen LogP contribution in [0.5, 0.6) is 5.75 Å². The highest BCUT2D eigenvalue weighted by molar-refractivity contribution is 5.38. The standard InChI is InChI=1S/C18H23NO/c1-3-15(14-10-6-5-7-11-14)18(19)16-12-8-9-13-17(16)20-4-2/h5-13,15,18H,3-4,19H2,1-2H3. The van der Waals surface area contributed by atoms with Crippen molar-refractivity contribution in [1.29, 1.82) is 0 Å². The first-order valence-corrected chi connectivity index (χ1v) is 7.30. The van der Waals surface area contributed by atoms with Gasteiger partial charge in [-0.2, -0.15) is 0 Å². The van der Waals surface area contributed by atoms with Crippen LogP contribution in [0.4, 0.5) is 0 Å². The Morgan fingerprint density at radius 2 is 1.60 bits per heavy atom. The molecular formula is C18H23NO. The molecule has 0 aliphatic rings. The summed E-state index contributed by atoms with van der Waals surface area (Å²) in [7, 11) is 0. The van der Waals surface area contributed by atoms with E-state index in [1.165, 1.54) is 5.56 Å². The first-order valence-electron chi connectivity index (χ1n) is 7.30. The smallest absolute Gasteiger partial charge is 0.124 e. The predicted molar refractivity (Wildman–Crippen MR) is 84.0 cm³/mol. The van der Waals surface area contributed by atoms with Crippen molar-refractivity contribution < 1.29 is 4.74 Å². The van der Waals surface area contributed by atoms with Crippen molar-refractivity contribution in [2.24, 2.45) is 5.73 Å². The van der Waals surface area contributed by atoms with Crippen molar-refractivity contribution in [3.8, 4) is 5.75 Å². The number of benzene rings is 2. The van der Waals surface area contributed by atoms with Gasteiger partial charge in [0.1, 0.15) is 5.75 Å². The van der Waals surface area contributed by atoms with Crippen LogP contribution < -0.4 is 10.5 Å². The van der Waals surface area contributed by atoms with Gasteiger partial charge in [-0.25, -0.2) is 0 Å². The number of ether oxygens (including phenoxy) is 1. The SMILES string of the molecule is CCOc1ccccc1C(N)C(CC)c1ccccc1. The van der Waals surface area contributed by atoms with E-state index < -0.39 is 0 Å². The Bertz CT molecular complexity index is 524. The first kappa shape index (κ1) is 14.6. The van der Waals surface area contributed by atoms with Crippen molar-refractivity contribution in [3.05, 3.63) is 65.7 Å². The summed E-state index contributed by atoms with van der Waals surface area (Å²) < 4.78 is 5.71. The fourth-order valence-corrected chi connectivity index (χ4v) is 2.66. The van der Waals surface area contributed by atoms with Crippen LogP contribution in [0, 0.1) is 0 Å². The highest BCUT2D eigenvalue weighted by Crippen LogP contribution is 2.35. The fourth-order valence-electron chi connectivity index (χ4n) is 2.66. The minimum atomic E-state index is -0.0508. The summed E-state index contributed by atoms with van der Waals surface area (Å²) in [6.07, 6.45) is 1.01. The van der Waals surface area contributed by atoms with Gasteiger partial charge >= 0.3 is 0 Å². The van der Waals surface area contributed by atoms with Crippen molar-refractivity contribution in [2.75, 3.05) is 6.61 Å². The molecule has 0 fully saturated rings. The number of rotatable bonds is 6. The van der Waals surface area contributed by atoms with E-state index in [-0.39, 0.29) is 6.04 Å². The summed E-state index contributed by atoms with van der Waals surface area (Å²) in [5, 5.41) is 0. The summed E-state index contributed by atoms with van der Waals surface area (Å²) in [5.74, 6) is 1.20. The molecular weight excluding hydrogens is 246 g/mol. The third kappa shape index (κ3) is 3.20. The molecule has 0 aliphatic heterocycles. The zero-order chi connectivity index (χ0) is 14.4. The molecule has 0 radical (unpaired) electrons. The van der Waals surface area contributed by atoms with Gasteiger partial charge in [0.25, 0.3) is 0 Å². The van der Waals surface area contributed by atoms with Gasteiger partial charge in [-0.3, -0.25) is 0 Å². The molecule has 106 valence electrons. The van der Waals surface area contributed by atoms with Crippen LogP contribution in [0.3, 0.4) is 0 Å². The Morgan fingerprint density at radius 1 is 0.950 bits per heavy atom. The Hall–Kier alpha value is -1.80. The Kier molecular flexibility index (Phi) is 5.19. The summed E-state index contributed by atoms with van der Waals surface area (Å²) >= 11 is 0. The van der Waals surface area contributed by atoms with Gasteiger partial charge in [-0.1, -0.05) is 55.5 Å². The van der Waals surface area contributed by atoms with Gasteiger partial charge < -0.3 is 10.5 Å². The van der Waals surface area contributed by atoms with E-state index in [9.17, 15) is 0 Å². The average Bonchev–Trinajstić information content (AvgIpc) is 2.50. The van der Waals surface area contributed by atoms with Crippen LogP contribution in [0.2, 0.25) is 0 Å². The zero-order valence-corrected chi connectivity index (χ0v) is 12.3. The minimum Gasteiger partial charge on any atom is -0.494 e. The van der Waals surface area contributed by atoms with Crippen LogP contribution in [-0.4, -0.2) is 6.61 Å². The molecule has 0 saturated carbocycles. The summed E-state index contributed by atoms with van der Waals surface area (Å²) in [5.41, 5.74) is 8.91. The Balaban J connectivity index is 2.31. The van der Waals surface area contributed by atoms with Gasteiger partial charge in [0.05, 0.1) is 6.61 Å². The summed E-state index contributed by atoms with van der Waals surface area (Å²) in [4.78, 5) is 0. The maximum absolute atomic E-state index is 6.53. The van der Waals surface area contributed by atoms with E-state index in [1.54, 1.807) is 0 Å². The fraction of sp³-hybridized carbons (Fsp3) is 0.333. The lowest BCUT2D eigenvalue weighted by atomic mass is 9.85. The molecule has 0 aromatic heterocycles. The molecule has 0 amide bonds. The monoisotopic (exact) mass is 269 g/mol. The number of para-hydroxylation sites is 1. The highest BCUT2D eigenvalue weighted by atomic mass is 16.5. The molecule has 2 aromatic rings. The second kappa shape index (κ2) is 7.11. The van der Waals surface area contributed by atoms with Gasteiger partial charge in [0.15, 0.2) is 0 Å². The molecule has 2 rings (SSSR count). The molecule has 2 heteroatoms. The highest BCUT2D eigenvalue weighted by Gasteiger charge is 2.22. The number of nitrogens with two attached hydrogens (primary N) is 1. The molecule has 2 atom stereocenters. The van der Waals surface area contributed by atoms with E-state index in [1.807, 2.05) is 31.2 Å². The molecule has 0 heterocycles. The Morgan fingerprint density at radius 3 is 2.25 bits per heavy atom. The van der Waals surface area contributed by atoms with Crippen molar-refractivity contribution in [2.45, 2.75) is 32.2 Å². The molecule has 0 spiro atoms. The number of hydrogen-bond acceptors (Lipinski definition) is 2.